The van der Waals surface area contributed by atoms with Crippen LogP contribution in [0, 0.1) is 0 Å². The summed E-state index contributed by atoms with van der Waals surface area (Å²) >= 11 is 0. The van der Waals surface area contributed by atoms with Gasteiger partial charge >= 0.3 is 0 Å². The van der Waals surface area contributed by atoms with E-state index in [1.165, 1.54) is 64.6 Å². The second-order valence-electron chi connectivity index (χ2n) is 6.26. The van der Waals surface area contributed by atoms with Gasteiger partial charge < -0.3 is 15.5 Å². The lowest BCUT2D eigenvalue weighted by Crippen LogP contribution is -2.44. The lowest BCUT2D eigenvalue weighted by atomic mass is 9.80. The van der Waals surface area contributed by atoms with Crippen molar-refractivity contribution in [3.05, 3.63) is 0 Å². The van der Waals surface area contributed by atoms with E-state index in [-0.39, 0.29) is 5.54 Å². The first-order valence-electron chi connectivity index (χ1n) is 7.72. The van der Waals surface area contributed by atoms with E-state index in [1.807, 2.05) is 0 Å². The van der Waals surface area contributed by atoms with Crippen LogP contribution in [0.1, 0.15) is 51.9 Å². The first-order chi connectivity index (χ1) is 8.56. The van der Waals surface area contributed by atoms with E-state index in [9.17, 15) is 0 Å². The molecule has 0 spiro atoms. The van der Waals surface area contributed by atoms with Crippen LogP contribution in [0.25, 0.3) is 0 Å². The van der Waals surface area contributed by atoms with Crippen LogP contribution in [0.15, 0.2) is 0 Å². The van der Waals surface area contributed by atoms with Gasteiger partial charge in [-0.2, -0.15) is 0 Å². The van der Waals surface area contributed by atoms with E-state index in [0.29, 0.717) is 0 Å². The van der Waals surface area contributed by atoms with Crippen molar-refractivity contribution in [1.82, 2.24) is 9.80 Å². The smallest absolute Gasteiger partial charge is 0.0166 e. The molecule has 108 valence electrons. The van der Waals surface area contributed by atoms with Gasteiger partial charge in [-0.1, -0.05) is 26.2 Å². The van der Waals surface area contributed by atoms with Crippen LogP contribution < -0.4 is 5.73 Å². The zero-order chi connectivity index (χ0) is 13.4. The molecule has 1 aliphatic carbocycles. The van der Waals surface area contributed by atoms with Crippen LogP contribution in [-0.4, -0.2) is 55.6 Å². The standard InChI is InChI=1S/C15H33N3/c1-4-18(13-8-12-17(2)3)14-11-15(16)9-6-5-7-10-15/h4-14,16H2,1-3H3. The van der Waals surface area contributed by atoms with Gasteiger partial charge in [0, 0.05) is 5.54 Å². The van der Waals surface area contributed by atoms with Crippen LogP contribution in [0.4, 0.5) is 0 Å². The molecule has 1 rings (SSSR count). The Morgan fingerprint density at radius 1 is 1.00 bits per heavy atom. The first-order valence-corrected chi connectivity index (χ1v) is 7.72. The van der Waals surface area contributed by atoms with Gasteiger partial charge in [-0.3, -0.25) is 0 Å². The summed E-state index contributed by atoms with van der Waals surface area (Å²) in [5.41, 5.74) is 6.65. The average Bonchev–Trinajstić information content (AvgIpc) is 2.34. The molecule has 18 heavy (non-hydrogen) atoms. The maximum atomic E-state index is 6.50. The van der Waals surface area contributed by atoms with Crippen molar-refractivity contribution in [2.75, 3.05) is 40.3 Å². The van der Waals surface area contributed by atoms with Crippen molar-refractivity contribution < 1.29 is 0 Å². The molecule has 0 radical (unpaired) electrons. The molecule has 0 saturated heterocycles. The third kappa shape index (κ3) is 6.17. The summed E-state index contributed by atoms with van der Waals surface area (Å²) in [4.78, 5) is 4.83. The molecule has 1 aliphatic rings. The van der Waals surface area contributed by atoms with Crippen LogP contribution in [0.5, 0.6) is 0 Å². The number of rotatable bonds is 8. The van der Waals surface area contributed by atoms with Gasteiger partial charge in [-0.05, 0) is 66.0 Å². The zero-order valence-electron chi connectivity index (χ0n) is 12.7. The quantitative estimate of drug-likeness (QED) is 0.722. The van der Waals surface area contributed by atoms with Crippen LogP contribution in [-0.2, 0) is 0 Å². The average molecular weight is 255 g/mol. The molecule has 0 amide bonds. The fourth-order valence-corrected chi connectivity index (χ4v) is 2.93. The minimum absolute atomic E-state index is 0.146. The number of nitrogens with two attached hydrogens (primary N) is 1. The molecular formula is C15H33N3. The summed E-state index contributed by atoms with van der Waals surface area (Å²) in [5.74, 6) is 0. The maximum Gasteiger partial charge on any atom is 0.0166 e. The number of hydrogen-bond donors (Lipinski definition) is 1. The van der Waals surface area contributed by atoms with E-state index < -0.39 is 0 Å². The molecule has 0 bridgehead atoms. The monoisotopic (exact) mass is 255 g/mol. The van der Waals surface area contributed by atoms with Gasteiger partial charge in [0.25, 0.3) is 0 Å². The topological polar surface area (TPSA) is 32.5 Å². The number of hydrogen-bond acceptors (Lipinski definition) is 3. The molecule has 1 fully saturated rings. The first kappa shape index (κ1) is 15.9. The second kappa shape index (κ2) is 8.13. The Balaban J connectivity index is 2.21. The lowest BCUT2D eigenvalue weighted by Gasteiger charge is -2.35. The van der Waals surface area contributed by atoms with Gasteiger partial charge in [0.1, 0.15) is 0 Å². The van der Waals surface area contributed by atoms with Crippen molar-refractivity contribution in [2.45, 2.75) is 57.4 Å². The Bertz CT molecular complexity index is 210. The highest BCUT2D eigenvalue weighted by Crippen LogP contribution is 2.28. The molecule has 0 heterocycles. The van der Waals surface area contributed by atoms with Crippen molar-refractivity contribution in [3.8, 4) is 0 Å². The highest BCUT2D eigenvalue weighted by Gasteiger charge is 2.27. The normalized spacial score (nSPS) is 19.7. The molecule has 0 atom stereocenters. The molecule has 0 aromatic carbocycles. The fourth-order valence-electron chi connectivity index (χ4n) is 2.93. The summed E-state index contributed by atoms with van der Waals surface area (Å²) < 4.78 is 0. The van der Waals surface area contributed by atoms with Gasteiger partial charge in [0.2, 0.25) is 0 Å². The largest absolute Gasteiger partial charge is 0.325 e. The summed E-state index contributed by atoms with van der Waals surface area (Å²) in [6, 6.07) is 0. The summed E-state index contributed by atoms with van der Waals surface area (Å²) in [6.07, 6.45) is 8.98. The van der Waals surface area contributed by atoms with E-state index in [2.05, 4.69) is 30.8 Å². The van der Waals surface area contributed by atoms with Crippen molar-refractivity contribution in [3.63, 3.8) is 0 Å². The summed E-state index contributed by atoms with van der Waals surface area (Å²) in [5, 5.41) is 0. The lowest BCUT2D eigenvalue weighted by molar-refractivity contribution is 0.207. The van der Waals surface area contributed by atoms with Crippen molar-refractivity contribution >= 4 is 0 Å². The molecule has 1 saturated carbocycles. The maximum absolute atomic E-state index is 6.50. The van der Waals surface area contributed by atoms with Crippen molar-refractivity contribution in [2.24, 2.45) is 5.73 Å². The zero-order valence-corrected chi connectivity index (χ0v) is 12.7. The van der Waals surface area contributed by atoms with Crippen molar-refractivity contribution in [1.29, 1.82) is 0 Å². The third-order valence-electron chi connectivity index (χ3n) is 4.30. The predicted molar refractivity (Wildman–Crippen MR) is 79.9 cm³/mol. The number of nitrogens with zero attached hydrogens (tertiary/aromatic N) is 2. The Kier molecular flexibility index (Phi) is 7.20. The van der Waals surface area contributed by atoms with Crippen LogP contribution >= 0.6 is 0 Å². The second-order valence-corrected chi connectivity index (χ2v) is 6.26. The Morgan fingerprint density at radius 3 is 2.22 bits per heavy atom. The molecular weight excluding hydrogens is 222 g/mol. The van der Waals surface area contributed by atoms with Gasteiger partial charge in [-0.15, -0.1) is 0 Å². The third-order valence-corrected chi connectivity index (χ3v) is 4.30. The SMILES string of the molecule is CCN(CCCN(C)C)CCC1(N)CCCCC1. The fraction of sp³-hybridized carbons (Fsp3) is 1.00. The van der Waals surface area contributed by atoms with Crippen LogP contribution in [0.2, 0.25) is 0 Å². The summed E-state index contributed by atoms with van der Waals surface area (Å²) in [6.45, 7) is 7.00. The minimum atomic E-state index is 0.146. The highest BCUT2D eigenvalue weighted by molar-refractivity contribution is 4.87. The molecule has 0 aromatic heterocycles. The van der Waals surface area contributed by atoms with Gasteiger partial charge in [0.05, 0.1) is 0 Å². The molecule has 0 aromatic rings. The van der Waals surface area contributed by atoms with Crippen LogP contribution in [0.3, 0.4) is 0 Å². The molecule has 0 unspecified atom stereocenters. The molecule has 3 heteroatoms. The minimum Gasteiger partial charge on any atom is -0.325 e. The van der Waals surface area contributed by atoms with E-state index in [0.717, 1.165) is 6.54 Å². The Morgan fingerprint density at radius 2 is 1.67 bits per heavy atom. The Labute approximate surface area is 114 Å². The molecule has 2 N–H and O–H groups in total. The molecule has 0 aliphatic heterocycles. The Hall–Kier alpha value is -0.120. The molecule has 3 nitrogen and oxygen atoms in total. The van der Waals surface area contributed by atoms with E-state index >= 15 is 0 Å². The van der Waals surface area contributed by atoms with E-state index in [4.69, 9.17) is 5.73 Å². The highest BCUT2D eigenvalue weighted by atomic mass is 15.1. The predicted octanol–water partition coefficient (Wildman–Crippen LogP) is 2.31. The van der Waals surface area contributed by atoms with E-state index in [1.54, 1.807) is 0 Å². The van der Waals surface area contributed by atoms with Gasteiger partial charge in [0.15, 0.2) is 0 Å². The van der Waals surface area contributed by atoms with Gasteiger partial charge in [-0.25, -0.2) is 0 Å². The summed E-state index contributed by atoms with van der Waals surface area (Å²) in [7, 11) is 4.29.